The molecule has 2 aromatic rings. The van der Waals surface area contributed by atoms with Gasteiger partial charge < -0.3 is 20.2 Å². The van der Waals surface area contributed by atoms with E-state index in [-0.39, 0.29) is 5.41 Å². The topological polar surface area (TPSA) is 51.1 Å². The fourth-order valence-electron chi connectivity index (χ4n) is 3.98. The molecule has 2 fully saturated rings. The van der Waals surface area contributed by atoms with E-state index in [4.69, 9.17) is 0 Å². The van der Waals surface area contributed by atoms with Crippen LogP contribution in [0.4, 0.5) is 5.69 Å². The summed E-state index contributed by atoms with van der Waals surface area (Å²) in [5.74, 6) is 1.33. The minimum atomic E-state index is 0.273. The fraction of sp³-hybridized carbons (Fsp3) is 0.409. The number of hydrogen-bond acceptors (Lipinski definition) is 3. The Balaban J connectivity index is 1.34. The van der Waals surface area contributed by atoms with Gasteiger partial charge in [0, 0.05) is 45.2 Å². The van der Waals surface area contributed by atoms with Crippen LogP contribution in [0, 0.1) is 0 Å². The summed E-state index contributed by atoms with van der Waals surface area (Å²) in [7, 11) is 1.86. The molecule has 1 saturated heterocycles. The Morgan fingerprint density at radius 2 is 1.67 bits per heavy atom. The van der Waals surface area contributed by atoms with Crippen molar-refractivity contribution in [2.45, 2.75) is 18.3 Å². The Bertz CT molecular complexity index is 793. The molecule has 2 N–H and O–H groups in total. The smallest absolute Gasteiger partial charge is 0.193 e. The van der Waals surface area contributed by atoms with Crippen LogP contribution in [0.1, 0.15) is 18.4 Å². The SMILES string of the molecule is CN=C(NCC1(c2ccccc2)CC1)N1CCN(c2ccccc2O)CC1. The lowest BCUT2D eigenvalue weighted by molar-refractivity contribution is 0.368. The van der Waals surface area contributed by atoms with Crippen LogP contribution in [0.15, 0.2) is 59.6 Å². The van der Waals surface area contributed by atoms with Crippen LogP contribution < -0.4 is 10.2 Å². The lowest BCUT2D eigenvalue weighted by atomic mass is 9.96. The number of phenolic OH excluding ortho intramolecular Hbond substituents is 1. The number of guanidine groups is 1. The number of aromatic hydroxyl groups is 1. The number of rotatable bonds is 4. The average molecular weight is 364 g/mol. The van der Waals surface area contributed by atoms with Crippen molar-refractivity contribution in [3.05, 3.63) is 60.2 Å². The molecule has 4 rings (SSSR count). The Morgan fingerprint density at radius 3 is 2.30 bits per heavy atom. The molecule has 1 saturated carbocycles. The van der Waals surface area contributed by atoms with Crippen LogP contribution in [-0.4, -0.2) is 55.7 Å². The van der Waals surface area contributed by atoms with E-state index in [1.807, 2.05) is 25.2 Å². The summed E-state index contributed by atoms with van der Waals surface area (Å²) < 4.78 is 0. The molecule has 27 heavy (non-hydrogen) atoms. The molecule has 0 spiro atoms. The van der Waals surface area contributed by atoms with Crippen LogP contribution in [0.3, 0.4) is 0 Å². The van der Waals surface area contributed by atoms with Crippen molar-refractivity contribution in [3.63, 3.8) is 0 Å². The first-order valence-corrected chi connectivity index (χ1v) is 9.76. The van der Waals surface area contributed by atoms with Gasteiger partial charge in [-0.1, -0.05) is 42.5 Å². The van der Waals surface area contributed by atoms with Crippen LogP contribution in [-0.2, 0) is 5.41 Å². The highest BCUT2D eigenvalue weighted by Crippen LogP contribution is 2.47. The standard InChI is InChI=1S/C22H28N4O/c1-23-21(24-17-22(11-12-22)18-7-3-2-4-8-18)26-15-13-25(14-16-26)19-9-5-6-10-20(19)27/h2-10,27H,11-17H2,1H3,(H,23,24). The third kappa shape index (κ3) is 3.72. The molecule has 5 nitrogen and oxygen atoms in total. The summed E-state index contributed by atoms with van der Waals surface area (Å²) >= 11 is 0. The van der Waals surface area contributed by atoms with Gasteiger partial charge in [-0.2, -0.15) is 0 Å². The largest absolute Gasteiger partial charge is 0.506 e. The molecule has 142 valence electrons. The number of benzene rings is 2. The highest BCUT2D eigenvalue weighted by atomic mass is 16.3. The van der Waals surface area contributed by atoms with E-state index < -0.39 is 0 Å². The third-order valence-corrected chi connectivity index (χ3v) is 5.84. The number of piperazine rings is 1. The minimum absolute atomic E-state index is 0.273. The van der Waals surface area contributed by atoms with Gasteiger partial charge in [0.25, 0.3) is 0 Å². The molecule has 0 bridgehead atoms. The van der Waals surface area contributed by atoms with Crippen molar-refractivity contribution in [1.29, 1.82) is 0 Å². The Hall–Kier alpha value is -2.69. The van der Waals surface area contributed by atoms with Gasteiger partial charge in [-0.3, -0.25) is 4.99 Å². The molecule has 0 unspecified atom stereocenters. The summed E-state index contributed by atoms with van der Waals surface area (Å²) in [4.78, 5) is 9.07. The summed E-state index contributed by atoms with van der Waals surface area (Å²) in [6.07, 6.45) is 2.48. The second-order valence-electron chi connectivity index (χ2n) is 7.51. The summed E-state index contributed by atoms with van der Waals surface area (Å²) in [5.41, 5.74) is 2.62. The maximum Gasteiger partial charge on any atom is 0.193 e. The Morgan fingerprint density at radius 1 is 1.00 bits per heavy atom. The van der Waals surface area contributed by atoms with Crippen molar-refractivity contribution >= 4 is 11.6 Å². The molecule has 1 heterocycles. The first-order chi connectivity index (χ1) is 13.2. The van der Waals surface area contributed by atoms with E-state index in [0.717, 1.165) is 44.4 Å². The molecule has 0 radical (unpaired) electrons. The van der Waals surface area contributed by atoms with Crippen LogP contribution >= 0.6 is 0 Å². The minimum Gasteiger partial charge on any atom is -0.506 e. The molecule has 1 aliphatic heterocycles. The zero-order valence-electron chi connectivity index (χ0n) is 15.9. The normalized spacial score (nSPS) is 19.1. The van der Waals surface area contributed by atoms with Crippen molar-refractivity contribution in [2.24, 2.45) is 4.99 Å². The second-order valence-corrected chi connectivity index (χ2v) is 7.51. The van der Waals surface area contributed by atoms with E-state index in [0.29, 0.717) is 5.75 Å². The number of nitrogens with one attached hydrogen (secondary N) is 1. The summed E-state index contributed by atoms with van der Waals surface area (Å²) in [6.45, 7) is 4.48. The molecule has 2 aliphatic rings. The Kier molecular flexibility index (Phi) is 4.92. The predicted molar refractivity (Wildman–Crippen MR) is 111 cm³/mol. The Labute approximate surface area is 161 Å². The first kappa shape index (κ1) is 17.7. The number of nitrogens with zero attached hydrogens (tertiary/aromatic N) is 3. The number of hydrogen-bond donors (Lipinski definition) is 2. The number of para-hydroxylation sites is 2. The molecule has 5 heteroatoms. The van der Waals surface area contributed by atoms with E-state index >= 15 is 0 Å². The quantitative estimate of drug-likeness (QED) is 0.647. The van der Waals surface area contributed by atoms with Gasteiger partial charge in [-0.25, -0.2) is 0 Å². The van der Waals surface area contributed by atoms with Crippen LogP contribution in [0.25, 0.3) is 0 Å². The number of anilines is 1. The zero-order valence-corrected chi connectivity index (χ0v) is 15.9. The van der Waals surface area contributed by atoms with Gasteiger partial charge in [-0.15, -0.1) is 0 Å². The molecule has 2 aromatic carbocycles. The lowest BCUT2D eigenvalue weighted by Crippen LogP contribution is -2.53. The first-order valence-electron chi connectivity index (χ1n) is 9.76. The molecule has 1 aliphatic carbocycles. The third-order valence-electron chi connectivity index (χ3n) is 5.84. The lowest BCUT2D eigenvalue weighted by Gasteiger charge is -2.38. The molecular formula is C22H28N4O. The van der Waals surface area contributed by atoms with Gasteiger partial charge in [0.05, 0.1) is 5.69 Å². The zero-order chi connectivity index (χ0) is 18.7. The van der Waals surface area contributed by atoms with E-state index in [1.54, 1.807) is 6.07 Å². The maximum atomic E-state index is 10.1. The molecule has 0 atom stereocenters. The van der Waals surface area contributed by atoms with Gasteiger partial charge in [0.15, 0.2) is 5.96 Å². The average Bonchev–Trinajstić information content (AvgIpc) is 3.51. The van der Waals surface area contributed by atoms with Crippen molar-refractivity contribution < 1.29 is 5.11 Å². The molecular weight excluding hydrogens is 336 g/mol. The second kappa shape index (κ2) is 7.51. The van der Waals surface area contributed by atoms with E-state index in [1.165, 1.54) is 18.4 Å². The number of phenols is 1. The van der Waals surface area contributed by atoms with Crippen LogP contribution in [0.2, 0.25) is 0 Å². The van der Waals surface area contributed by atoms with E-state index in [9.17, 15) is 5.11 Å². The number of aliphatic imine (C=N–C) groups is 1. The van der Waals surface area contributed by atoms with Crippen molar-refractivity contribution in [1.82, 2.24) is 10.2 Å². The van der Waals surface area contributed by atoms with E-state index in [2.05, 4.69) is 50.4 Å². The van der Waals surface area contributed by atoms with Crippen molar-refractivity contribution in [2.75, 3.05) is 44.7 Å². The molecule has 0 aromatic heterocycles. The predicted octanol–water partition coefficient (Wildman–Crippen LogP) is 2.82. The summed E-state index contributed by atoms with van der Waals surface area (Å²) in [5, 5.41) is 13.7. The van der Waals surface area contributed by atoms with Crippen LogP contribution in [0.5, 0.6) is 5.75 Å². The van der Waals surface area contributed by atoms with Gasteiger partial charge in [0.2, 0.25) is 0 Å². The highest BCUT2D eigenvalue weighted by Gasteiger charge is 2.44. The van der Waals surface area contributed by atoms with Gasteiger partial charge in [0.1, 0.15) is 5.75 Å². The highest BCUT2D eigenvalue weighted by molar-refractivity contribution is 5.80. The monoisotopic (exact) mass is 364 g/mol. The summed E-state index contributed by atoms with van der Waals surface area (Å²) in [6, 6.07) is 18.4. The van der Waals surface area contributed by atoms with Gasteiger partial charge in [-0.05, 0) is 30.5 Å². The maximum absolute atomic E-state index is 10.1. The van der Waals surface area contributed by atoms with Gasteiger partial charge >= 0.3 is 0 Å². The fourth-order valence-corrected chi connectivity index (χ4v) is 3.98. The van der Waals surface area contributed by atoms with Crippen molar-refractivity contribution in [3.8, 4) is 5.75 Å². The molecule has 0 amide bonds.